The molecule has 2 aromatic rings. The second-order valence-corrected chi connectivity index (χ2v) is 5.34. The molecule has 4 nitrogen and oxygen atoms in total. The van der Waals surface area contributed by atoms with Gasteiger partial charge in [-0.2, -0.15) is 0 Å². The minimum Gasteiger partial charge on any atom is -0.398 e. The Kier molecular flexibility index (Phi) is 4.04. The predicted octanol–water partition coefficient (Wildman–Crippen LogP) is 2.40. The zero-order valence-corrected chi connectivity index (χ0v) is 12.2. The molecule has 1 heterocycles. The predicted molar refractivity (Wildman–Crippen MR) is 76.9 cm³/mol. The molecule has 5 heteroatoms. The molecular formula is C13H17BrN4. The first-order valence-corrected chi connectivity index (χ1v) is 6.54. The highest BCUT2D eigenvalue weighted by Crippen LogP contribution is 2.21. The van der Waals surface area contributed by atoms with Gasteiger partial charge in [0.1, 0.15) is 5.82 Å². The third-order valence-corrected chi connectivity index (χ3v) is 3.57. The average Bonchev–Trinajstić information content (AvgIpc) is 2.70. The van der Waals surface area contributed by atoms with E-state index in [0.717, 1.165) is 29.1 Å². The van der Waals surface area contributed by atoms with Crippen LogP contribution in [0.25, 0.3) is 0 Å². The molecule has 0 aliphatic rings. The van der Waals surface area contributed by atoms with Crippen LogP contribution in [0.3, 0.4) is 0 Å². The van der Waals surface area contributed by atoms with E-state index in [1.807, 2.05) is 36.1 Å². The van der Waals surface area contributed by atoms with E-state index in [1.54, 1.807) is 0 Å². The molecule has 0 spiro atoms. The molecule has 0 bridgehead atoms. The zero-order valence-electron chi connectivity index (χ0n) is 10.6. The maximum Gasteiger partial charge on any atom is 0.122 e. The summed E-state index contributed by atoms with van der Waals surface area (Å²) in [6, 6.07) is 6.06. The molecule has 1 aromatic heterocycles. The number of halogens is 1. The van der Waals surface area contributed by atoms with Crippen molar-refractivity contribution in [2.24, 2.45) is 7.05 Å². The highest BCUT2D eigenvalue weighted by atomic mass is 79.9. The van der Waals surface area contributed by atoms with Crippen molar-refractivity contribution in [3.8, 4) is 0 Å². The molecule has 0 saturated carbocycles. The fourth-order valence-electron chi connectivity index (χ4n) is 1.85. The van der Waals surface area contributed by atoms with Gasteiger partial charge in [0.15, 0.2) is 0 Å². The van der Waals surface area contributed by atoms with Crippen LogP contribution in [0, 0.1) is 0 Å². The van der Waals surface area contributed by atoms with Crippen LogP contribution in [0.15, 0.2) is 35.1 Å². The summed E-state index contributed by atoms with van der Waals surface area (Å²) >= 11 is 3.40. The van der Waals surface area contributed by atoms with Gasteiger partial charge in [-0.1, -0.05) is 6.07 Å². The van der Waals surface area contributed by atoms with E-state index >= 15 is 0 Å². The van der Waals surface area contributed by atoms with Crippen LogP contribution in [0.1, 0.15) is 11.4 Å². The maximum atomic E-state index is 5.87. The van der Waals surface area contributed by atoms with Crippen LogP contribution < -0.4 is 5.73 Å². The number of hydrogen-bond acceptors (Lipinski definition) is 3. The number of benzene rings is 1. The molecule has 0 unspecified atom stereocenters. The van der Waals surface area contributed by atoms with Gasteiger partial charge in [0.25, 0.3) is 0 Å². The standard InChI is InChI=1S/C13H17BrN4/c1-17(9-13-16-5-6-18(13)2)8-10-3-4-11(14)12(15)7-10/h3-7H,8-9,15H2,1-2H3. The first-order valence-electron chi connectivity index (χ1n) is 5.75. The Morgan fingerprint density at radius 1 is 1.39 bits per heavy atom. The van der Waals surface area contributed by atoms with E-state index in [9.17, 15) is 0 Å². The SMILES string of the molecule is CN(Cc1ccc(Br)c(N)c1)Cc1nccn1C. The van der Waals surface area contributed by atoms with Gasteiger partial charge in [0.2, 0.25) is 0 Å². The molecule has 0 aliphatic heterocycles. The van der Waals surface area contributed by atoms with E-state index in [2.05, 4.69) is 38.9 Å². The van der Waals surface area contributed by atoms with Crippen LogP contribution in [-0.4, -0.2) is 21.5 Å². The van der Waals surface area contributed by atoms with Crippen molar-refractivity contribution in [2.45, 2.75) is 13.1 Å². The second kappa shape index (κ2) is 5.54. The lowest BCUT2D eigenvalue weighted by atomic mass is 10.2. The van der Waals surface area contributed by atoms with Crippen molar-refractivity contribution in [3.05, 3.63) is 46.5 Å². The van der Waals surface area contributed by atoms with Crippen LogP contribution in [0.2, 0.25) is 0 Å². The van der Waals surface area contributed by atoms with Gasteiger partial charge in [-0.05, 0) is 40.7 Å². The maximum absolute atomic E-state index is 5.87. The van der Waals surface area contributed by atoms with E-state index in [1.165, 1.54) is 5.56 Å². The van der Waals surface area contributed by atoms with Crippen LogP contribution in [0.4, 0.5) is 5.69 Å². The molecular weight excluding hydrogens is 292 g/mol. The topological polar surface area (TPSA) is 47.1 Å². The lowest BCUT2D eigenvalue weighted by Crippen LogP contribution is -2.19. The second-order valence-electron chi connectivity index (χ2n) is 4.48. The molecule has 2 N–H and O–H groups in total. The zero-order chi connectivity index (χ0) is 13.1. The Labute approximate surface area is 116 Å². The normalized spacial score (nSPS) is 11.1. The highest BCUT2D eigenvalue weighted by molar-refractivity contribution is 9.10. The minimum absolute atomic E-state index is 0.776. The fourth-order valence-corrected chi connectivity index (χ4v) is 2.10. The number of nitrogens with zero attached hydrogens (tertiary/aromatic N) is 3. The van der Waals surface area contributed by atoms with Gasteiger partial charge in [-0.25, -0.2) is 4.98 Å². The summed E-state index contributed by atoms with van der Waals surface area (Å²) in [5.41, 5.74) is 7.85. The molecule has 96 valence electrons. The summed E-state index contributed by atoms with van der Waals surface area (Å²) in [7, 11) is 4.08. The number of hydrogen-bond donors (Lipinski definition) is 1. The van der Waals surface area contributed by atoms with Crippen LogP contribution in [0.5, 0.6) is 0 Å². The molecule has 1 aromatic carbocycles. The Balaban J connectivity index is 2.01. The van der Waals surface area contributed by atoms with Gasteiger partial charge >= 0.3 is 0 Å². The quantitative estimate of drug-likeness (QED) is 0.882. The number of nitrogens with two attached hydrogens (primary N) is 1. The average molecular weight is 309 g/mol. The molecule has 0 aliphatic carbocycles. The number of rotatable bonds is 4. The molecule has 0 radical (unpaired) electrons. The third kappa shape index (κ3) is 3.11. The molecule has 0 amide bonds. The Morgan fingerprint density at radius 3 is 2.78 bits per heavy atom. The first-order chi connectivity index (χ1) is 8.56. The molecule has 2 rings (SSSR count). The van der Waals surface area contributed by atoms with Crippen molar-refractivity contribution < 1.29 is 0 Å². The molecule has 0 fully saturated rings. The number of anilines is 1. The number of nitrogen functional groups attached to an aromatic ring is 1. The molecule has 0 saturated heterocycles. The summed E-state index contributed by atoms with van der Waals surface area (Å²) in [6.45, 7) is 1.67. The fraction of sp³-hybridized carbons (Fsp3) is 0.308. The van der Waals surface area contributed by atoms with E-state index in [-0.39, 0.29) is 0 Å². The number of aryl methyl sites for hydroxylation is 1. The lowest BCUT2D eigenvalue weighted by Gasteiger charge is -2.16. The number of aromatic nitrogens is 2. The first kappa shape index (κ1) is 13.1. The monoisotopic (exact) mass is 308 g/mol. The van der Waals surface area contributed by atoms with Crippen molar-refractivity contribution >= 4 is 21.6 Å². The molecule has 0 atom stereocenters. The lowest BCUT2D eigenvalue weighted by molar-refractivity contribution is 0.307. The van der Waals surface area contributed by atoms with Gasteiger partial charge < -0.3 is 10.3 Å². The van der Waals surface area contributed by atoms with Crippen molar-refractivity contribution in [1.82, 2.24) is 14.5 Å². The smallest absolute Gasteiger partial charge is 0.122 e. The largest absolute Gasteiger partial charge is 0.398 e. The van der Waals surface area contributed by atoms with Crippen LogP contribution >= 0.6 is 15.9 Å². The Bertz CT molecular complexity index is 536. The Morgan fingerprint density at radius 2 is 2.17 bits per heavy atom. The van der Waals surface area contributed by atoms with Gasteiger partial charge in [0, 0.05) is 36.1 Å². The van der Waals surface area contributed by atoms with E-state index < -0.39 is 0 Å². The summed E-state index contributed by atoms with van der Waals surface area (Å²) < 4.78 is 2.98. The third-order valence-electron chi connectivity index (χ3n) is 2.85. The van der Waals surface area contributed by atoms with Gasteiger partial charge in [0.05, 0.1) is 6.54 Å². The van der Waals surface area contributed by atoms with Gasteiger partial charge in [-0.15, -0.1) is 0 Å². The minimum atomic E-state index is 0.776. The van der Waals surface area contributed by atoms with Crippen molar-refractivity contribution in [1.29, 1.82) is 0 Å². The van der Waals surface area contributed by atoms with Crippen molar-refractivity contribution in [2.75, 3.05) is 12.8 Å². The summed E-state index contributed by atoms with van der Waals surface area (Å²) in [5.74, 6) is 1.06. The molecule has 18 heavy (non-hydrogen) atoms. The van der Waals surface area contributed by atoms with E-state index in [0.29, 0.717) is 0 Å². The number of imidazole rings is 1. The summed E-state index contributed by atoms with van der Waals surface area (Å²) in [4.78, 5) is 6.53. The highest BCUT2D eigenvalue weighted by Gasteiger charge is 2.06. The van der Waals surface area contributed by atoms with E-state index in [4.69, 9.17) is 5.73 Å². The van der Waals surface area contributed by atoms with Gasteiger partial charge in [-0.3, -0.25) is 4.90 Å². The summed E-state index contributed by atoms with van der Waals surface area (Å²) in [5, 5.41) is 0. The van der Waals surface area contributed by atoms with Crippen molar-refractivity contribution in [3.63, 3.8) is 0 Å². The Hall–Kier alpha value is -1.33. The van der Waals surface area contributed by atoms with Crippen LogP contribution in [-0.2, 0) is 20.1 Å². The summed E-state index contributed by atoms with van der Waals surface area (Å²) in [6.07, 6.45) is 3.78.